The maximum absolute atomic E-state index is 11.7. The first-order chi connectivity index (χ1) is 10.2. The van der Waals surface area contributed by atoms with Crippen LogP contribution >= 0.6 is 19.8 Å². The molecule has 1 aromatic rings. The Labute approximate surface area is 132 Å². The zero-order chi connectivity index (χ0) is 14.8. The predicted molar refractivity (Wildman–Crippen MR) is 96.4 cm³/mol. The average Bonchev–Trinajstić information content (AvgIpc) is 3.01. The van der Waals surface area contributed by atoms with Crippen molar-refractivity contribution in [2.24, 2.45) is 11.8 Å². The van der Waals surface area contributed by atoms with E-state index < -0.39 is 30.7 Å². The topological polar surface area (TPSA) is 84.2 Å². The van der Waals surface area contributed by atoms with E-state index in [0.29, 0.717) is 17.6 Å². The summed E-state index contributed by atoms with van der Waals surface area (Å²) in [5, 5.41) is 3.35. The van der Waals surface area contributed by atoms with Crippen molar-refractivity contribution in [1.29, 1.82) is 0 Å². The molecule has 0 radical (unpaired) electrons. The third-order valence-corrected chi connectivity index (χ3v) is 11.7. The Morgan fingerprint density at radius 1 is 1.00 bits per heavy atom. The van der Waals surface area contributed by atoms with E-state index in [1.165, 1.54) is 45.4 Å². The summed E-state index contributed by atoms with van der Waals surface area (Å²) >= 11 is -0.706. The molecule has 21 heavy (non-hydrogen) atoms. The fourth-order valence-corrected chi connectivity index (χ4v) is 10.8. The van der Waals surface area contributed by atoms with Crippen LogP contribution < -0.4 is 27.4 Å². The number of rotatable bonds is 5. The zero-order valence-corrected chi connectivity index (χ0v) is 14.4. The van der Waals surface area contributed by atoms with E-state index >= 15 is 0 Å². The molecule has 1 aliphatic heterocycles. The Balaban J connectivity index is 1.67. The van der Waals surface area contributed by atoms with Crippen molar-refractivity contribution in [3.63, 3.8) is 0 Å². The summed E-state index contributed by atoms with van der Waals surface area (Å²) in [7, 11) is 0. The molecule has 1 saturated carbocycles. The van der Waals surface area contributed by atoms with Crippen LogP contribution in [0, 0.1) is 5.92 Å². The van der Waals surface area contributed by atoms with Gasteiger partial charge in [-0.25, -0.2) is 0 Å². The van der Waals surface area contributed by atoms with Crippen LogP contribution in [0.15, 0.2) is 9.59 Å². The SMILES string of the molecule is NNc1c(N[C@@H]2CCCC[C@H]2CI2CCCC2)c(=O)c1=O. The van der Waals surface area contributed by atoms with Crippen LogP contribution in [-0.2, 0) is 0 Å². The van der Waals surface area contributed by atoms with Crippen LogP contribution in [0.1, 0.15) is 38.5 Å². The second-order valence-electron chi connectivity index (χ2n) is 6.15. The Hall–Kier alpha value is -0.630. The quantitative estimate of drug-likeness (QED) is 0.229. The number of alkyl halides is 3. The number of anilines is 2. The maximum atomic E-state index is 11.7. The van der Waals surface area contributed by atoms with Crippen LogP contribution in [0.25, 0.3) is 0 Å². The molecule has 118 valence electrons. The van der Waals surface area contributed by atoms with Crippen LogP contribution in [0.5, 0.6) is 0 Å². The molecule has 0 spiro atoms. The summed E-state index contributed by atoms with van der Waals surface area (Å²) in [5.74, 6) is 6.03. The van der Waals surface area contributed by atoms with Gasteiger partial charge in [0, 0.05) is 0 Å². The molecule has 0 aromatic heterocycles. The van der Waals surface area contributed by atoms with Crippen molar-refractivity contribution in [1.82, 2.24) is 0 Å². The van der Waals surface area contributed by atoms with Crippen molar-refractivity contribution < 1.29 is 0 Å². The van der Waals surface area contributed by atoms with E-state index in [0.717, 1.165) is 6.42 Å². The monoisotopic (exact) mass is 405 g/mol. The first kappa shape index (κ1) is 15.3. The summed E-state index contributed by atoms with van der Waals surface area (Å²) in [6.45, 7) is 0. The molecular formula is C15H24IN3O2. The van der Waals surface area contributed by atoms with Gasteiger partial charge in [0.2, 0.25) is 0 Å². The summed E-state index contributed by atoms with van der Waals surface area (Å²) in [5.41, 5.74) is 2.16. The molecule has 0 amide bonds. The Morgan fingerprint density at radius 2 is 1.67 bits per heavy atom. The van der Waals surface area contributed by atoms with E-state index in [2.05, 4.69) is 10.7 Å². The average molecular weight is 405 g/mol. The molecule has 0 bridgehead atoms. The molecule has 0 unspecified atom stereocenters. The fourth-order valence-electron chi connectivity index (χ4n) is 3.53. The molecule has 6 heteroatoms. The molecule has 4 N–H and O–H groups in total. The Morgan fingerprint density at radius 3 is 2.38 bits per heavy atom. The molecule has 1 aromatic carbocycles. The van der Waals surface area contributed by atoms with Gasteiger partial charge in [0.05, 0.1) is 0 Å². The van der Waals surface area contributed by atoms with Gasteiger partial charge in [-0.05, 0) is 0 Å². The van der Waals surface area contributed by atoms with E-state index in [4.69, 9.17) is 5.84 Å². The van der Waals surface area contributed by atoms with Crippen molar-refractivity contribution >= 4 is 31.2 Å². The number of hydrogen-bond donors (Lipinski definition) is 3. The van der Waals surface area contributed by atoms with Gasteiger partial charge in [-0.3, -0.25) is 0 Å². The molecule has 2 fully saturated rings. The van der Waals surface area contributed by atoms with Crippen molar-refractivity contribution in [3.05, 3.63) is 20.4 Å². The van der Waals surface area contributed by atoms with Gasteiger partial charge in [-0.2, -0.15) is 0 Å². The van der Waals surface area contributed by atoms with Gasteiger partial charge >= 0.3 is 132 Å². The van der Waals surface area contributed by atoms with Gasteiger partial charge in [-0.15, -0.1) is 0 Å². The number of hydrazine groups is 1. The number of nitrogens with two attached hydrogens (primary N) is 1. The number of nitrogen functional groups attached to an aromatic ring is 1. The predicted octanol–water partition coefficient (Wildman–Crippen LogP) is 1.84. The van der Waals surface area contributed by atoms with E-state index in [9.17, 15) is 9.59 Å². The minimum absolute atomic E-state index is 0.268. The van der Waals surface area contributed by atoms with Crippen molar-refractivity contribution in [3.8, 4) is 0 Å². The molecule has 1 saturated heterocycles. The van der Waals surface area contributed by atoms with Crippen LogP contribution in [0.4, 0.5) is 11.4 Å². The van der Waals surface area contributed by atoms with E-state index in [-0.39, 0.29) is 5.69 Å². The van der Waals surface area contributed by atoms with Crippen LogP contribution in [0.2, 0.25) is 0 Å². The van der Waals surface area contributed by atoms with Crippen molar-refractivity contribution in [2.45, 2.75) is 44.6 Å². The van der Waals surface area contributed by atoms with E-state index in [1.54, 1.807) is 0 Å². The molecule has 3 rings (SSSR count). The molecule has 2 atom stereocenters. The zero-order valence-electron chi connectivity index (χ0n) is 12.3. The molecular weight excluding hydrogens is 381 g/mol. The molecule has 2 aliphatic rings. The number of halogens is 1. The molecule has 1 heterocycles. The normalized spacial score (nSPS) is 28.0. The second kappa shape index (κ2) is 6.64. The Bertz CT molecular complexity index is 561. The summed E-state index contributed by atoms with van der Waals surface area (Å²) in [4.78, 5) is 23.1. The molecule has 1 aliphatic carbocycles. The first-order valence-corrected chi connectivity index (χ1v) is 12.4. The second-order valence-corrected chi connectivity index (χ2v) is 12.4. The van der Waals surface area contributed by atoms with Gasteiger partial charge < -0.3 is 0 Å². The summed E-state index contributed by atoms with van der Waals surface area (Å²) in [6, 6.07) is 0.354. The Kier molecular flexibility index (Phi) is 4.83. The number of hydrogen-bond acceptors (Lipinski definition) is 5. The third kappa shape index (κ3) is 3.11. The van der Waals surface area contributed by atoms with E-state index in [1.807, 2.05) is 0 Å². The van der Waals surface area contributed by atoms with Gasteiger partial charge in [0.1, 0.15) is 0 Å². The number of nitrogens with one attached hydrogen (secondary N) is 2. The van der Waals surface area contributed by atoms with Gasteiger partial charge in [-0.1, -0.05) is 0 Å². The van der Waals surface area contributed by atoms with Gasteiger partial charge in [0.25, 0.3) is 0 Å². The molecule has 5 nitrogen and oxygen atoms in total. The van der Waals surface area contributed by atoms with Gasteiger partial charge in [0.15, 0.2) is 0 Å². The standard InChI is InChI=1S/C15H24IN3O2/c17-19-13-12(14(20)15(13)21)18-11-6-2-1-5-10(11)9-16-7-3-4-8-16/h10-11,18-19H,1-9,17H2/t10-,11+/m0/s1. The third-order valence-electron chi connectivity index (χ3n) is 4.76. The van der Waals surface area contributed by atoms with Crippen LogP contribution in [0.3, 0.4) is 0 Å². The van der Waals surface area contributed by atoms with Crippen molar-refractivity contribution in [2.75, 3.05) is 24.0 Å². The summed E-state index contributed by atoms with van der Waals surface area (Å²) < 4.78 is 4.45. The fraction of sp³-hybridized carbons (Fsp3) is 0.733. The summed E-state index contributed by atoms with van der Waals surface area (Å²) in [6.07, 6.45) is 7.78. The van der Waals surface area contributed by atoms with Crippen LogP contribution in [-0.4, -0.2) is 19.3 Å². The first-order valence-electron chi connectivity index (χ1n) is 7.85. The minimum atomic E-state index is -0.706.